The number of alkyl halides is 1. The fourth-order valence-corrected chi connectivity index (χ4v) is 2.00. The number of benzene rings is 1. The Kier molecular flexibility index (Phi) is 3.29. The van der Waals surface area contributed by atoms with Crippen molar-refractivity contribution < 1.29 is 8.78 Å². The van der Waals surface area contributed by atoms with E-state index in [9.17, 15) is 8.78 Å². The average Bonchev–Trinajstić information content (AvgIpc) is 2.30. The third-order valence-corrected chi connectivity index (χ3v) is 2.88. The normalized spacial score (nSPS) is 10.4. The number of nitrogens with zero attached hydrogens (tertiary/aromatic N) is 1. The molecule has 0 fully saturated rings. The van der Waals surface area contributed by atoms with Crippen LogP contribution in [0.5, 0.6) is 0 Å². The van der Waals surface area contributed by atoms with Crippen molar-refractivity contribution in [2.75, 3.05) is 0 Å². The second kappa shape index (κ2) is 4.70. The molecule has 0 aliphatic rings. The van der Waals surface area contributed by atoms with Crippen LogP contribution in [0.25, 0.3) is 11.1 Å². The summed E-state index contributed by atoms with van der Waals surface area (Å²) in [5.41, 5.74) is 1.14. The number of hydrogen-bond acceptors (Lipinski definition) is 1. The third kappa shape index (κ3) is 1.97. The summed E-state index contributed by atoms with van der Waals surface area (Å²) in [6.45, 7) is 0. The minimum Gasteiger partial charge on any atom is -0.228 e. The summed E-state index contributed by atoms with van der Waals surface area (Å²) in [6, 6.07) is 7.75. The molecule has 1 heterocycles. The Morgan fingerprint density at radius 2 is 1.88 bits per heavy atom. The van der Waals surface area contributed by atoms with Crippen molar-refractivity contribution in [1.29, 1.82) is 0 Å². The van der Waals surface area contributed by atoms with Crippen molar-refractivity contribution >= 4 is 15.9 Å². The van der Waals surface area contributed by atoms with Crippen LogP contribution in [-0.4, -0.2) is 4.98 Å². The maximum absolute atomic E-state index is 13.6. The molecular weight excluding hydrogens is 276 g/mol. The molecule has 0 spiro atoms. The quantitative estimate of drug-likeness (QED) is 0.601. The van der Waals surface area contributed by atoms with E-state index in [4.69, 9.17) is 0 Å². The van der Waals surface area contributed by atoms with Gasteiger partial charge in [-0.1, -0.05) is 34.1 Å². The predicted octanol–water partition coefficient (Wildman–Crippen LogP) is 3.92. The molecule has 0 unspecified atom stereocenters. The first-order chi connectivity index (χ1) is 7.74. The Labute approximate surface area is 100 Å². The topological polar surface area (TPSA) is 12.9 Å². The highest BCUT2D eigenvalue weighted by Gasteiger charge is 2.14. The molecule has 0 atom stereocenters. The lowest BCUT2D eigenvalue weighted by Crippen LogP contribution is -1.96. The molecule has 0 radical (unpaired) electrons. The van der Waals surface area contributed by atoms with Gasteiger partial charge in [-0.25, -0.2) is 9.37 Å². The lowest BCUT2D eigenvalue weighted by molar-refractivity contribution is 0.581. The van der Waals surface area contributed by atoms with Gasteiger partial charge in [-0.3, -0.25) is 0 Å². The monoisotopic (exact) mass is 283 g/mol. The van der Waals surface area contributed by atoms with E-state index in [1.807, 2.05) is 0 Å². The van der Waals surface area contributed by atoms with Crippen molar-refractivity contribution in [2.45, 2.75) is 5.33 Å². The number of pyridine rings is 1. The SMILES string of the molecule is Fc1ccccc1-c1c(CBr)ccnc1F. The van der Waals surface area contributed by atoms with Gasteiger partial charge in [-0.05, 0) is 17.7 Å². The molecule has 0 amide bonds. The minimum atomic E-state index is -0.651. The number of aromatic nitrogens is 1. The highest BCUT2D eigenvalue weighted by Crippen LogP contribution is 2.29. The van der Waals surface area contributed by atoms with E-state index >= 15 is 0 Å². The largest absolute Gasteiger partial charge is 0.228 e. The van der Waals surface area contributed by atoms with Gasteiger partial charge >= 0.3 is 0 Å². The van der Waals surface area contributed by atoms with Crippen LogP contribution in [0.2, 0.25) is 0 Å². The van der Waals surface area contributed by atoms with Gasteiger partial charge < -0.3 is 0 Å². The zero-order valence-corrected chi connectivity index (χ0v) is 9.84. The predicted molar refractivity (Wildman–Crippen MR) is 62.2 cm³/mol. The lowest BCUT2D eigenvalue weighted by atomic mass is 10.0. The smallest absolute Gasteiger partial charge is 0.221 e. The van der Waals surface area contributed by atoms with Crippen LogP contribution in [0.1, 0.15) is 5.56 Å². The molecule has 0 saturated carbocycles. The Bertz CT molecular complexity index is 514. The molecule has 4 heteroatoms. The number of hydrogen-bond donors (Lipinski definition) is 0. The maximum Gasteiger partial charge on any atom is 0.221 e. The fraction of sp³-hybridized carbons (Fsp3) is 0.0833. The van der Waals surface area contributed by atoms with Crippen molar-refractivity contribution in [3.8, 4) is 11.1 Å². The number of halogens is 3. The fourth-order valence-electron chi connectivity index (χ4n) is 1.53. The molecule has 82 valence electrons. The van der Waals surface area contributed by atoms with E-state index < -0.39 is 11.8 Å². The van der Waals surface area contributed by atoms with E-state index in [0.717, 1.165) is 0 Å². The molecule has 1 aromatic carbocycles. The van der Waals surface area contributed by atoms with Gasteiger partial charge in [-0.15, -0.1) is 0 Å². The third-order valence-electron chi connectivity index (χ3n) is 2.28. The van der Waals surface area contributed by atoms with Crippen LogP contribution in [0.15, 0.2) is 36.5 Å². The van der Waals surface area contributed by atoms with Gasteiger partial charge in [0.1, 0.15) is 5.82 Å². The summed E-state index contributed by atoms with van der Waals surface area (Å²) >= 11 is 3.25. The van der Waals surface area contributed by atoms with Crippen LogP contribution in [0, 0.1) is 11.8 Å². The second-order valence-electron chi connectivity index (χ2n) is 3.25. The minimum absolute atomic E-state index is 0.220. The Hall–Kier alpha value is -1.29. The van der Waals surface area contributed by atoms with Gasteiger partial charge in [0.25, 0.3) is 0 Å². The van der Waals surface area contributed by atoms with Gasteiger partial charge in [0.15, 0.2) is 0 Å². The van der Waals surface area contributed by atoms with Gasteiger partial charge in [0, 0.05) is 22.7 Å². The van der Waals surface area contributed by atoms with E-state index in [2.05, 4.69) is 20.9 Å². The molecule has 16 heavy (non-hydrogen) atoms. The first-order valence-corrected chi connectivity index (χ1v) is 5.80. The van der Waals surface area contributed by atoms with Crippen molar-refractivity contribution in [1.82, 2.24) is 4.98 Å². The molecule has 2 rings (SSSR count). The van der Waals surface area contributed by atoms with E-state index in [1.54, 1.807) is 24.3 Å². The maximum atomic E-state index is 13.6. The summed E-state index contributed by atoms with van der Waals surface area (Å²) in [7, 11) is 0. The Morgan fingerprint density at radius 1 is 1.12 bits per heavy atom. The highest BCUT2D eigenvalue weighted by atomic mass is 79.9. The van der Waals surface area contributed by atoms with Crippen molar-refractivity contribution in [2.24, 2.45) is 0 Å². The van der Waals surface area contributed by atoms with E-state index in [0.29, 0.717) is 10.9 Å². The van der Waals surface area contributed by atoms with Crippen LogP contribution >= 0.6 is 15.9 Å². The van der Waals surface area contributed by atoms with Crippen LogP contribution in [0.4, 0.5) is 8.78 Å². The summed E-state index contributed by atoms with van der Waals surface area (Å²) in [6.07, 6.45) is 1.37. The van der Waals surface area contributed by atoms with Gasteiger partial charge in [0.2, 0.25) is 5.95 Å². The average molecular weight is 284 g/mol. The summed E-state index contributed by atoms with van der Waals surface area (Å²) in [5.74, 6) is -1.10. The molecule has 0 aliphatic carbocycles. The van der Waals surface area contributed by atoms with Gasteiger partial charge in [0.05, 0.1) is 0 Å². The first kappa shape index (κ1) is 11.2. The molecule has 0 aliphatic heterocycles. The summed E-state index contributed by atoms with van der Waals surface area (Å²) < 4.78 is 27.2. The van der Waals surface area contributed by atoms with Gasteiger partial charge in [-0.2, -0.15) is 4.39 Å². The summed E-state index contributed by atoms with van der Waals surface area (Å²) in [4.78, 5) is 3.55. The Morgan fingerprint density at radius 3 is 2.56 bits per heavy atom. The van der Waals surface area contributed by atoms with Crippen LogP contribution < -0.4 is 0 Å². The van der Waals surface area contributed by atoms with Crippen LogP contribution in [-0.2, 0) is 5.33 Å². The van der Waals surface area contributed by atoms with Crippen LogP contribution in [0.3, 0.4) is 0 Å². The standard InChI is InChI=1S/C12H8BrF2N/c13-7-8-5-6-16-12(15)11(8)9-3-1-2-4-10(9)14/h1-6H,7H2. The molecule has 0 N–H and O–H groups in total. The Balaban J connectivity index is 2.68. The summed E-state index contributed by atoms with van der Waals surface area (Å²) in [5, 5.41) is 0.454. The second-order valence-corrected chi connectivity index (χ2v) is 3.81. The molecule has 2 aromatic rings. The highest BCUT2D eigenvalue weighted by molar-refractivity contribution is 9.08. The molecule has 1 aromatic heterocycles. The molecule has 0 bridgehead atoms. The van der Waals surface area contributed by atoms with E-state index in [1.165, 1.54) is 12.3 Å². The zero-order chi connectivity index (χ0) is 11.5. The molecular formula is C12H8BrF2N. The van der Waals surface area contributed by atoms with Crippen molar-refractivity contribution in [3.05, 3.63) is 53.9 Å². The van der Waals surface area contributed by atoms with Crippen molar-refractivity contribution in [3.63, 3.8) is 0 Å². The lowest BCUT2D eigenvalue weighted by Gasteiger charge is -2.08. The molecule has 0 saturated heterocycles. The zero-order valence-electron chi connectivity index (χ0n) is 8.25. The molecule has 1 nitrogen and oxygen atoms in total. The first-order valence-electron chi connectivity index (χ1n) is 4.68. The van der Waals surface area contributed by atoms with E-state index in [-0.39, 0.29) is 11.1 Å². The number of rotatable bonds is 2.